The molecule has 1 aromatic carbocycles. The van der Waals surface area contributed by atoms with Gasteiger partial charge in [-0.1, -0.05) is 6.07 Å². The third-order valence-corrected chi connectivity index (χ3v) is 3.02. The molecule has 0 unspecified atom stereocenters. The molecular weight excluding hydrogens is 254 g/mol. The van der Waals surface area contributed by atoms with Crippen molar-refractivity contribution >= 4 is 16.0 Å². The minimum Gasteiger partial charge on any atom is -0.382 e. The molecular formula is C12H15NO4S. The van der Waals surface area contributed by atoms with Crippen LogP contribution in [0.2, 0.25) is 0 Å². The SMILES string of the molecule is Cc1ccc(C(=O)NC2CC2)c(OS(C)(=O)=O)c1. The highest BCUT2D eigenvalue weighted by Crippen LogP contribution is 2.24. The van der Waals surface area contributed by atoms with Gasteiger partial charge in [-0.15, -0.1) is 0 Å². The second kappa shape index (κ2) is 4.61. The van der Waals surface area contributed by atoms with Crippen LogP contribution in [0.1, 0.15) is 28.8 Å². The highest BCUT2D eigenvalue weighted by atomic mass is 32.2. The van der Waals surface area contributed by atoms with Crippen molar-refractivity contribution in [1.82, 2.24) is 5.32 Å². The fourth-order valence-electron chi connectivity index (χ4n) is 1.54. The third-order valence-electron chi connectivity index (χ3n) is 2.54. The number of rotatable bonds is 4. The van der Waals surface area contributed by atoms with Crippen LogP contribution in [0.15, 0.2) is 18.2 Å². The number of hydrogen-bond acceptors (Lipinski definition) is 4. The summed E-state index contributed by atoms with van der Waals surface area (Å²) in [5.74, 6) is -0.216. The van der Waals surface area contributed by atoms with E-state index < -0.39 is 10.1 Å². The molecule has 1 saturated carbocycles. The van der Waals surface area contributed by atoms with Gasteiger partial charge in [0.1, 0.15) is 0 Å². The van der Waals surface area contributed by atoms with Crippen LogP contribution in [-0.4, -0.2) is 26.6 Å². The van der Waals surface area contributed by atoms with Crippen LogP contribution in [-0.2, 0) is 10.1 Å². The molecule has 18 heavy (non-hydrogen) atoms. The molecule has 1 aromatic rings. The van der Waals surface area contributed by atoms with Crippen LogP contribution < -0.4 is 9.50 Å². The number of nitrogens with one attached hydrogen (secondary N) is 1. The molecule has 0 radical (unpaired) electrons. The van der Waals surface area contributed by atoms with Crippen molar-refractivity contribution in [3.8, 4) is 5.75 Å². The molecule has 1 N–H and O–H groups in total. The zero-order valence-corrected chi connectivity index (χ0v) is 11.1. The first-order valence-electron chi connectivity index (χ1n) is 5.66. The Hall–Kier alpha value is -1.56. The van der Waals surface area contributed by atoms with Gasteiger partial charge in [0.25, 0.3) is 5.91 Å². The van der Waals surface area contributed by atoms with E-state index in [4.69, 9.17) is 4.18 Å². The predicted octanol–water partition coefficient (Wildman–Crippen LogP) is 1.23. The number of amides is 1. The van der Waals surface area contributed by atoms with Gasteiger partial charge in [0.05, 0.1) is 11.8 Å². The third kappa shape index (κ3) is 3.46. The van der Waals surface area contributed by atoms with E-state index in [9.17, 15) is 13.2 Å². The summed E-state index contributed by atoms with van der Waals surface area (Å²) in [7, 11) is -3.64. The predicted molar refractivity (Wildman–Crippen MR) is 67.1 cm³/mol. The van der Waals surface area contributed by atoms with E-state index in [0.717, 1.165) is 24.7 Å². The van der Waals surface area contributed by atoms with E-state index in [1.165, 1.54) is 0 Å². The molecule has 98 valence electrons. The number of carbonyl (C=O) groups excluding carboxylic acids is 1. The van der Waals surface area contributed by atoms with Gasteiger partial charge < -0.3 is 9.50 Å². The van der Waals surface area contributed by atoms with Gasteiger partial charge in [-0.3, -0.25) is 4.79 Å². The van der Waals surface area contributed by atoms with Crippen LogP contribution in [0.5, 0.6) is 5.75 Å². The fraction of sp³-hybridized carbons (Fsp3) is 0.417. The zero-order chi connectivity index (χ0) is 13.3. The van der Waals surface area contributed by atoms with Gasteiger partial charge in [-0.05, 0) is 37.5 Å². The lowest BCUT2D eigenvalue weighted by Gasteiger charge is -2.10. The van der Waals surface area contributed by atoms with E-state index in [-0.39, 0.29) is 23.3 Å². The molecule has 1 aliphatic rings. The smallest absolute Gasteiger partial charge is 0.306 e. The summed E-state index contributed by atoms with van der Waals surface area (Å²) in [5.41, 5.74) is 1.08. The zero-order valence-electron chi connectivity index (χ0n) is 10.3. The molecule has 6 heteroatoms. The molecule has 0 aliphatic heterocycles. The second-order valence-corrected chi connectivity index (χ2v) is 6.11. The van der Waals surface area contributed by atoms with E-state index in [1.807, 2.05) is 0 Å². The maximum absolute atomic E-state index is 11.9. The average molecular weight is 269 g/mol. The summed E-state index contributed by atoms with van der Waals surface area (Å²) in [6.07, 6.45) is 2.90. The molecule has 1 amide bonds. The maximum Gasteiger partial charge on any atom is 0.306 e. The minimum absolute atomic E-state index is 0.0793. The standard InChI is InChI=1S/C12H15NO4S/c1-8-3-6-10(12(14)13-9-4-5-9)11(7-8)17-18(2,15)16/h3,6-7,9H,4-5H2,1-2H3,(H,13,14). The Kier molecular flexibility index (Phi) is 3.30. The number of carbonyl (C=O) groups is 1. The van der Waals surface area contributed by atoms with Gasteiger partial charge >= 0.3 is 10.1 Å². The lowest BCUT2D eigenvalue weighted by molar-refractivity contribution is 0.0949. The van der Waals surface area contributed by atoms with E-state index in [0.29, 0.717) is 0 Å². The topological polar surface area (TPSA) is 72.5 Å². The molecule has 0 bridgehead atoms. The second-order valence-electron chi connectivity index (χ2n) is 4.53. The quantitative estimate of drug-likeness (QED) is 0.834. The summed E-state index contributed by atoms with van der Waals surface area (Å²) in [6.45, 7) is 1.80. The lowest BCUT2D eigenvalue weighted by Crippen LogP contribution is -2.26. The molecule has 1 fully saturated rings. The van der Waals surface area contributed by atoms with Gasteiger partial charge in [0.2, 0.25) is 0 Å². The van der Waals surface area contributed by atoms with E-state index in [1.54, 1.807) is 25.1 Å². The first kappa shape index (κ1) is 12.9. The average Bonchev–Trinajstić information content (AvgIpc) is 2.98. The molecule has 0 aromatic heterocycles. The Morgan fingerprint density at radius 3 is 2.61 bits per heavy atom. The lowest BCUT2D eigenvalue weighted by atomic mass is 10.1. The highest BCUT2D eigenvalue weighted by molar-refractivity contribution is 7.86. The van der Waals surface area contributed by atoms with E-state index in [2.05, 4.69) is 5.32 Å². The van der Waals surface area contributed by atoms with Crippen molar-refractivity contribution in [2.45, 2.75) is 25.8 Å². The maximum atomic E-state index is 11.9. The van der Waals surface area contributed by atoms with Gasteiger partial charge in [-0.25, -0.2) is 0 Å². The van der Waals surface area contributed by atoms with Crippen LogP contribution in [0, 0.1) is 6.92 Å². The molecule has 0 atom stereocenters. The summed E-state index contributed by atoms with van der Waals surface area (Å²) in [5, 5.41) is 2.80. The largest absolute Gasteiger partial charge is 0.382 e. The van der Waals surface area contributed by atoms with Crippen molar-refractivity contribution in [3.63, 3.8) is 0 Å². The van der Waals surface area contributed by atoms with E-state index >= 15 is 0 Å². The van der Waals surface area contributed by atoms with Crippen LogP contribution in [0.4, 0.5) is 0 Å². The first-order chi connectivity index (χ1) is 8.35. The Bertz CT molecular complexity index is 576. The summed E-state index contributed by atoms with van der Waals surface area (Å²) < 4.78 is 27.2. The Balaban J connectivity index is 2.29. The summed E-state index contributed by atoms with van der Waals surface area (Å²) in [4.78, 5) is 11.9. The number of hydrogen-bond donors (Lipinski definition) is 1. The normalized spacial score (nSPS) is 15.2. The van der Waals surface area contributed by atoms with Crippen molar-refractivity contribution in [2.24, 2.45) is 0 Å². The molecule has 0 spiro atoms. The summed E-state index contributed by atoms with van der Waals surface area (Å²) in [6, 6.07) is 5.08. The molecule has 2 rings (SSSR count). The number of aryl methyl sites for hydroxylation is 1. The molecule has 0 heterocycles. The first-order valence-corrected chi connectivity index (χ1v) is 7.48. The van der Waals surface area contributed by atoms with Crippen LogP contribution >= 0.6 is 0 Å². The van der Waals surface area contributed by atoms with Gasteiger partial charge in [-0.2, -0.15) is 8.42 Å². The molecule has 1 aliphatic carbocycles. The van der Waals surface area contributed by atoms with Crippen LogP contribution in [0.25, 0.3) is 0 Å². The molecule has 0 saturated heterocycles. The van der Waals surface area contributed by atoms with Crippen molar-refractivity contribution < 1.29 is 17.4 Å². The van der Waals surface area contributed by atoms with Crippen LogP contribution in [0.3, 0.4) is 0 Å². The van der Waals surface area contributed by atoms with Crippen molar-refractivity contribution in [3.05, 3.63) is 29.3 Å². The number of benzene rings is 1. The monoisotopic (exact) mass is 269 g/mol. The fourth-order valence-corrected chi connectivity index (χ4v) is 2.00. The molecule has 5 nitrogen and oxygen atoms in total. The van der Waals surface area contributed by atoms with Gasteiger partial charge in [0.15, 0.2) is 5.75 Å². The van der Waals surface area contributed by atoms with Crippen molar-refractivity contribution in [2.75, 3.05) is 6.26 Å². The highest BCUT2D eigenvalue weighted by Gasteiger charge is 2.25. The Labute approximate surface area is 106 Å². The summed E-state index contributed by atoms with van der Waals surface area (Å²) >= 11 is 0. The Morgan fingerprint density at radius 2 is 2.06 bits per heavy atom. The van der Waals surface area contributed by atoms with Gasteiger partial charge in [0, 0.05) is 6.04 Å². The Morgan fingerprint density at radius 1 is 1.39 bits per heavy atom. The minimum atomic E-state index is -3.64. The van der Waals surface area contributed by atoms with Crippen molar-refractivity contribution in [1.29, 1.82) is 0 Å².